The highest BCUT2D eigenvalue weighted by Crippen LogP contribution is 2.40. The highest BCUT2D eigenvalue weighted by atomic mass is 35.5. The number of nitrogens with one attached hydrogen (secondary N) is 3. The second-order valence-corrected chi connectivity index (χ2v) is 10.8. The molecular formula is C29H36ClFN8O3. The van der Waals surface area contributed by atoms with Gasteiger partial charge in [0.25, 0.3) is 0 Å². The number of methoxy groups -OCH3 is 1. The second-order valence-electron chi connectivity index (χ2n) is 10.4. The van der Waals surface area contributed by atoms with E-state index in [-0.39, 0.29) is 22.8 Å². The van der Waals surface area contributed by atoms with Crippen molar-refractivity contribution in [3.05, 3.63) is 59.7 Å². The quantitative estimate of drug-likeness (QED) is 0.223. The third-order valence-electron chi connectivity index (χ3n) is 7.39. The Morgan fingerprint density at radius 3 is 2.52 bits per heavy atom. The van der Waals surface area contributed by atoms with Crippen LogP contribution in [0.25, 0.3) is 0 Å². The van der Waals surface area contributed by atoms with Crippen LogP contribution in [0.2, 0.25) is 5.02 Å². The van der Waals surface area contributed by atoms with E-state index in [9.17, 15) is 14.3 Å². The lowest BCUT2D eigenvalue weighted by Crippen LogP contribution is -2.31. The molecule has 2 heterocycles. The number of hydrogen-bond acceptors (Lipinski definition) is 10. The maximum Gasteiger partial charge on any atom is 0.247 e. The highest BCUT2D eigenvalue weighted by Gasteiger charge is 2.28. The molecule has 1 aromatic heterocycles. The summed E-state index contributed by atoms with van der Waals surface area (Å²) in [4.78, 5) is 29.6. The van der Waals surface area contributed by atoms with Crippen LogP contribution >= 0.6 is 11.6 Å². The number of aromatic nitrogens is 3. The predicted octanol–water partition coefficient (Wildman–Crippen LogP) is 5.04. The molecule has 0 saturated carbocycles. The van der Waals surface area contributed by atoms with Crippen LogP contribution in [0.4, 0.5) is 39.0 Å². The van der Waals surface area contributed by atoms with Gasteiger partial charge in [0.1, 0.15) is 17.9 Å². The first kappa shape index (κ1) is 30.9. The van der Waals surface area contributed by atoms with E-state index in [0.29, 0.717) is 40.8 Å². The fraction of sp³-hybridized carbons (Fsp3) is 0.379. The molecule has 11 nitrogen and oxygen atoms in total. The van der Waals surface area contributed by atoms with Gasteiger partial charge >= 0.3 is 0 Å². The molecular weight excluding hydrogens is 563 g/mol. The van der Waals surface area contributed by atoms with Gasteiger partial charge in [-0.15, -0.1) is 0 Å². The van der Waals surface area contributed by atoms with Gasteiger partial charge in [-0.05, 0) is 58.1 Å². The molecule has 4 N–H and O–H groups in total. The number of benzene rings is 2. The number of carbonyl (C=O) groups excluding carboxylic acids is 1. The van der Waals surface area contributed by atoms with Gasteiger partial charge in [-0.2, -0.15) is 4.98 Å². The Balaban J connectivity index is 1.67. The van der Waals surface area contributed by atoms with Gasteiger partial charge in [0.2, 0.25) is 17.8 Å². The molecule has 1 unspecified atom stereocenters. The summed E-state index contributed by atoms with van der Waals surface area (Å²) in [5.41, 5.74) is 1.22. The van der Waals surface area contributed by atoms with Gasteiger partial charge in [-0.1, -0.05) is 25.1 Å². The molecule has 1 saturated heterocycles. The highest BCUT2D eigenvalue weighted by molar-refractivity contribution is 6.31. The predicted molar refractivity (Wildman–Crippen MR) is 164 cm³/mol. The molecule has 2 aromatic carbocycles. The van der Waals surface area contributed by atoms with E-state index in [0.717, 1.165) is 25.2 Å². The molecule has 42 heavy (non-hydrogen) atoms. The van der Waals surface area contributed by atoms with Gasteiger partial charge in [-0.3, -0.25) is 4.79 Å². The fourth-order valence-corrected chi connectivity index (χ4v) is 4.87. The number of halogens is 2. The van der Waals surface area contributed by atoms with Crippen LogP contribution in [-0.2, 0) is 10.4 Å². The van der Waals surface area contributed by atoms with Crippen molar-refractivity contribution in [3.8, 4) is 5.75 Å². The number of hydrogen-bond donors (Lipinski definition) is 4. The van der Waals surface area contributed by atoms with Gasteiger partial charge in [0.15, 0.2) is 0 Å². The van der Waals surface area contributed by atoms with E-state index in [4.69, 9.17) is 16.3 Å². The van der Waals surface area contributed by atoms with Gasteiger partial charge in [0.05, 0.1) is 34.8 Å². The van der Waals surface area contributed by atoms with E-state index >= 15 is 0 Å². The number of carbonyl (C=O) groups is 1. The number of anilines is 6. The third kappa shape index (κ3) is 6.89. The Morgan fingerprint density at radius 2 is 1.93 bits per heavy atom. The molecule has 1 aliphatic rings. The Bertz CT molecular complexity index is 1470. The normalized spacial score (nSPS) is 16.2. The minimum absolute atomic E-state index is 0.116. The Hall–Kier alpha value is -4.00. The summed E-state index contributed by atoms with van der Waals surface area (Å²) in [5, 5.41) is 19.8. The number of ether oxygens (including phenoxy) is 1. The minimum atomic E-state index is -1.33. The van der Waals surface area contributed by atoms with Crippen molar-refractivity contribution in [3.63, 3.8) is 0 Å². The second kappa shape index (κ2) is 12.9. The fourth-order valence-electron chi connectivity index (χ4n) is 4.71. The van der Waals surface area contributed by atoms with Crippen molar-refractivity contribution in [2.24, 2.45) is 0 Å². The summed E-state index contributed by atoms with van der Waals surface area (Å²) in [7, 11) is 5.66. The van der Waals surface area contributed by atoms with E-state index < -0.39 is 11.4 Å². The lowest BCUT2D eigenvalue weighted by Gasteiger charge is -2.26. The Labute approximate surface area is 249 Å². The summed E-state index contributed by atoms with van der Waals surface area (Å²) in [6.45, 7) is 8.56. The molecule has 0 aliphatic carbocycles. The molecule has 1 fully saturated rings. The number of amides is 1. The zero-order valence-corrected chi connectivity index (χ0v) is 25.1. The Morgan fingerprint density at radius 1 is 1.24 bits per heavy atom. The lowest BCUT2D eigenvalue weighted by molar-refractivity contribution is -0.111. The topological polar surface area (TPSA) is 128 Å². The van der Waals surface area contributed by atoms with E-state index in [1.165, 1.54) is 24.5 Å². The molecule has 0 radical (unpaired) electrons. The van der Waals surface area contributed by atoms with Crippen molar-refractivity contribution in [1.82, 2.24) is 19.9 Å². The zero-order valence-electron chi connectivity index (χ0n) is 24.3. The van der Waals surface area contributed by atoms with Crippen molar-refractivity contribution < 1.29 is 19.0 Å². The Kier molecular flexibility index (Phi) is 9.50. The van der Waals surface area contributed by atoms with Gasteiger partial charge in [0, 0.05) is 36.4 Å². The zero-order chi connectivity index (χ0) is 30.6. The number of nitrogens with zero attached hydrogens (tertiary/aromatic N) is 5. The number of aliphatic hydroxyl groups is 1. The minimum Gasteiger partial charge on any atom is -0.494 e. The monoisotopic (exact) mass is 598 g/mol. The van der Waals surface area contributed by atoms with Crippen LogP contribution in [-0.4, -0.2) is 71.2 Å². The maximum absolute atomic E-state index is 14.3. The summed E-state index contributed by atoms with van der Waals surface area (Å²) in [6.07, 6.45) is 3.83. The van der Waals surface area contributed by atoms with E-state index in [2.05, 4.69) is 61.4 Å². The molecule has 4 rings (SSSR count). The molecule has 1 aliphatic heterocycles. The molecule has 0 spiro atoms. The third-order valence-corrected chi connectivity index (χ3v) is 7.68. The SMILES string of the molecule is C=CC(=O)Nc1cc(Nc2ncnc(Nc3cc(Cl)c(F)cc3C(C)(O)CC)n2)c(OC)cc1N1CC[C@@H](N(C)C)C1. The average molecular weight is 599 g/mol. The van der Waals surface area contributed by atoms with E-state index in [1.807, 2.05) is 6.07 Å². The first-order chi connectivity index (χ1) is 19.9. The molecule has 13 heteroatoms. The summed E-state index contributed by atoms with van der Waals surface area (Å²) in [5.74, 6) is -0.184. The van der Waals surface area contributed by atoms with E-state index in [1.54, 1.807) is 27.0 Å². The van der Waals surface area contributed by atoms with Gasteiger partial charge < -0.3 is 35.6 Å². The molecule has 1 amide bonds. The lowest BCUT2D eigenvalue weighted by atomic mass is 9.91. The van der Waals surface area contributed by atoms with Crippen LogP contribution in [0.15, 0.2) is 43.2 Å². The van der Waals surface area contributed by atoms with Crippen LogP contribution in [0, 0.1) is 5.82 Å². The van der Waals surface area contributed by atoms with Crippen molar-refractivity contribution in [2.75, 3.05) is 55.1 Å². The number of rotatable bonds is 11. The summed E-state index contributed by atoms with van der Waals surface area (Å²) in [6, 6.07) is 6.57. The average Bonchev–Trinajstić information content (AvgIpc) is 3.46. The van der Waals surface area contributed by atoms with Crippen molar-refractivity contribution >= 4 is 52.2 Å². The summed E-state index contributed by atoms with van der Waals surface area (Å²) >= 11 is 6.04. The van der Waals surface area contributed by atoms with Crippen molar-refractivity contribution in [2.45, 2.75) is 38.3 Å². The summed E-state index contributed by atoms with van der Waals surface area (Å²) < 4.78 is 20.0. The molecule has 2 atom stereocenters. The van der Waals surface area contributed by atoms with Crippen LogP contribution < -0.4 is 25.6 Å². The smallest absolute Gasteiger partial charge is 0.247 e. The standard InChI is InChI=1S/C29H36ClFN8O3/c1-7-26(40)34-22-13-23(25(42-6)14-24(22)39-10-9-17(15-39)38(4)5)36-28-33-16-32-27(37-28)35-21-12-19(30)20(31)11-18(21)29(3,41)8-2/h7,11-14,16-17,41H,1,8-10,15H2,2-6H3,(H,34,40)(H2,32,33,35,36,37)/t17-,29?/m1/s1. The van der Waals surface area contributed by atoms with Crippen LogP contribution in [0.1, 0.15) is 32.3 Å². The first-order valence-corrected chi connectivity index (χ1v) is 13.8. The van der Waals surface area contributed by atoms with Gasteiger partial charge in [-0.25, -0.2) is 14.4 Å². The maximum atomic E-state index is 14.3. The van der Waals surface area contributed by atoms with Crippen molar-refractivity contribution in [1.29, 1.82) is 0 Å². The van der Waals surface area contributed by atoms with Crippen LogP contribution in [0.5, 0.6) is 5.75 Å². The molecule has 224 valence electrons. The largest absolute Gasteiger partial charge is 0.494 e. The first-order valence-electron chi connectivity index (χ1n) is 13.5. The van der Waals surface area contributed by atoms with Crippen LogP contribution in [0.3, 0.4) is 0 Å². The molecule has 0 bridgehead atoms. The molecule has 3 aromatic rings. The number of likely N-dealkylation sites (N-methyl/N-ethyl adjacent to an activating group) is 1.